The first-order chi connectivity index (χ1) is 9.09. The Hall–Kier alpha value is -2.21. The number of nitrogens with zero attached hydrogens (tertiary/aromatic N) is 1. The molecule has 2 rings (SSSR count). The van der Waals surface area contributed by atoms with Gasteiger partial charge in [-0.1, -0.05) is 30.3 Å². The lowest BCUT2D eigenvalue weighted by Gasteiger charge is -2.26. The van der Waals surface area contributed by atoms with Crippen molar-refractivity contribution in [2.45, 2.75) is 25.7 Å². The molecule has 1 saturated heterocycles. The van der Waals surface area contributed by atoms with Crippen molar-refractivity contribution in [3.63, 3.8) is 0 Å². The summed E-state index contributed by atoms with van der Waals surface area (Å²) in [7, 11) is 0. The van der Waals surface area contributed by atoms with E-state index in [1.54, 1.807) is 24.3 Å². The average Bonchev–Trinajstić information content (AvgIpc) is 2.72. The van der Waals surface area contributed by atoms with Crippen LogP contribution in [0.2, 0.25) is 0 Å². The molecule has 1 aromatic carbocycles. The fourth-order valence-electron chi connectivity index (χ4n) is 1.85. The number of benzene rings is 1. The number of carbonyl (C=O) groups is 3. The van der Waals surface area contributed by atoms with Gasteiger partial charge in [0.05, 0.1) is 12.6 Å². The lowest BCUT2D eigenvalue weighted by Crippen LogP contribution is -2.51. The molecule has 19 heavy (non-hydrogen) atoms. The average molecular weight is 262 g/mol. The van der Waals surface area contributed by atoms with Crippen LogP contribution < -0.4 is 5.11 Å². The third-order valence-corrected chi connectivity index (χ3v) is 2.78. The fourth-order valence-corrected chi connectivity index (χ4v) is 1.85. The van der Waals surface area contributed by atoms with Gasteiger partial charge in [-0.2, -0.15) is 0 Å². The Morgan fingerprint density at radius 3 is 2.32 bits per heavy atom. The zero-order valence-corrected chi connectivity index (χ0v) is 10.1. The van der Waals surface area contributed by atoms with Gasteiger partial charge in [-0.15, -0.1) is 0 Å². The van der Waals surface area contributed by atoms with Gasteiger partial charge in [0, 0.05) is 12.8 Å². The lowest BCUT2D eigenvalue weighted by molar-refractivity contribution is -0.323. The zero-order chi connectivity index (χ0) is 13.8. The Bertz CT molecular complexity index is 483. The van der Waals surface area contributed by atoms with Gasteiger partial charge >= 0.3 is 0 Å². The van der Waals surface area contributed by atoms with Crippen LogP contribution in [0.5, 0.6) is 0 Å². The first-order valence-electron chi connectivity index (χ1n) is 5.81. The molecule has 0 N–H and O–H groups in total. The molecule has 1 heterocycles. The van der Waals surface area contributed by atoms with Crippen molar-refractivity contribution < 1.29 is 24.2 Å². The third-order valence-electron chi connectivity index (χ3n) is 2.78. The van der Waals surface area contributed by atoms with Gasteiger partial charge in [-0.25, -0.2) is 4.90 Å². The van der Waals surface area contributed by atoms with E-state index in [1.165, 1.54) is 0 Å². The Balaban J connectivity index is 2.07. The minimum absolute atomic E-state index is 0.0112. The van der Waals surface area contributed by atoms with E-state index >= 15 is 0 Å². The fraction of sp³-hybridized carbons (Fsp3) is 0.308. The van der Waals surface area contributed by atoms with Gasteiger partial charge in [0.2, 0.25) is 11.8 Å². The van der Waals surface area contributed by atoms with Crippen LogP contribution in [-0.4, -0.2) is 28.9 Å². The van der Waals surface area contributed by atoms with Crippen LogP contribution in [0, 0.1) is 0 Å². The van der Waals surface area contributed by atoms with E-state index in [0.29, 0.717) is 4.90 Å². The van der Waals surface area contributed by atoms with E-state index in [0.717, 1.165) is 5.56 Å². The van der Waals surface area contributed by atoms with Crippen LogP contribution >= 0.6 is 0 Å². The van der Waals surface area contributed by atoms with Crippen molar-refractivity contribution >= 4 is 17.8 Å². The largest absolute Gasteiger partial charge is 0.545 e. The molecular formula is C13H12NO5-. The Labute approximate surface area is 109 Å². The van der Waals surface area contributed by atoms with E-state index in [-0.39, 0.29) is 19.4 Å². The molecule has 2 amide bonds. The molecule has 1 fully saturated rings. The van der Waals surface area contributed by atoms with Crippen molar-refractivity contribution in [2.75, 3.05) is 0 Å². The standard InChI is InChI=1S/C13H13NO5/c15-10-6-7-11(16)14(10)12(13(17)18)19-8-9-4-2-1-3-5-9/h1-5,12H,6-8H2,(H,17,18)/p-1. The number of carboxylic acids is 1. The number of carbonyl (C=O) groups excluding carboxylic acids is 3. The van der Waals surface area contributed by atoms with E-state index < -0.39 is 24.0 Å². The molecule has 100 valence electrons. The number of hydrogen-bond donors (Lipinski definition) is 0. The van der Waals surface area contributed by atoms with E-state index in [1.807, 2.05) is 6.07 Å². The highest BCUT2D eigenvalue weighted by atomic mass is 16.5. The first-order valence-corrected chi connectivity index (χ1v) is 5.81. The predicted molar refractivity (Wildman–Crippen MR) is 61.1 cm³/mol. The maximum Gasteiger partial charge on any atom is 0.232 e. The summed E-state index contributed by atoms with van der Waals surface area (Å²) < 4.78 is 5.14. The topological polar surface area (TPSA) is 86.7 Å². The molecule has 0 aromatic heterocycles. The molecule has 1 aliphatic heterocycles. The van der Waals surface area contributed by atoms with Gasteiger partial charge in [-0.3, -0.25) is 9.59 Å². The Morgan fingerprint density at radius 1 is 1.21 bits per heavy atom. The minimum atomic E-state index is -1.66. The Morgan fingerprint density at radius 2 is 1.79 bits per heavy atom. The van der Waals surface area contributed by atoms with E-state index in [4.69, 9.17) is 4.74 Å². The summed E-state index contributed by atoms with van der Waals surface area (Å²) in [5.74, 6) is -2.70. The summed E-state index contributed by atoms with van der Waals surface area (Å²) in [6.07, 6.45) is -1.64. The Kier molecular flexibility index (Phi) is 3.91. The summed E-state index contributed by atoms with van der Waals surface area (Å²) in [6, 6.07) is 8.87. The van der Waals surface area contributed by atoms with Crippen LogP contribution in [0.4, 0.5) is 0 Å². The summed E-state index contributed by atoms with van der Waals surface area (Å²) in [5.41, 5.74) is 0.743. The second-order valence-corrected chi connectivity index (χ2v) is 4.13. The van der Waals surface area contributed by atoms with Crippen LogP contribution in [0.15, 0.2) is 30.3 Å². The van der Waals surface area contributed by atoms with Crippen molar-refractivity contribution in [2.24, 2.45) is 0 Å². The van der Waals surface area contributed by atoms with E-state index in [2.05, 4.69) is 0 Å². The number of carboxylic acid groups (broad SMARTS) is 1. The molecule has 0 bridgehead atoms. The monoisotopic (exact) mass is 262 g/mol. The van der Waals surface area contributed by atoms with Crippen LogP contribution in [0.3, 0.4) is 0 Å². The molecule has 0 radical (unpaired) electrons. The van der Waals surface area contributed by atoms with Gasteiger partial charge in [-0.05, 0) is 5.56 Å². The third kappa shape index (κ3) is 2.97. The smallest absolute Gasteiger partial charge is 0.232 e. The second-order valence-electron chi connectivity index (χ2n) is 4.13. The summed E-state index contributed by atoms with van der Waals surface area (Å²) in [4.78, 5) is 34.6. The van der Waals surface area contributed by atoms with Crippen molar-refractivity contribution in [1.29, 1.82) is 0 Å². The molecule has 1 aliphatic rings. The van der Waals surface area contributed by atoms with Crippen LogP contribution in [0.25, 0.3) is 0 Å². The van der Waals surface area contributed by atoms with Gasteiger partial charge in [0.1, 0.15) is 0 Å². The molecule has 1 unspecified atom stereocenters. The van der Waals surface area contributed by atoms with E-state index in [9.17, 15) is 19.5 Å². The highest BCUT2D eigenvalue weighted by Crippen LogP contribution is 2.17. The maximum atomic E-state index is 11.5. The predicted octanol–water partition coefficient (Wildman–Crippen LogP) is -0.572. The number of likely N-dealkylation sites (tertiary alicyclic amines) is 1. The molecule has 1 aromatic rings. The first kappa shape index (κ1) is 13.2. The van der Waals surface area contributed by atoms with Gasteiger partial charge in [0.25, 0.3) is 0 Å². The van der Waals surface area contributed by atoms with Gasteiger partial charge < -0.3 is 14.6 Å². The second kappa shape index (κ2) is 5.62. The zero-order valence-electron chi connectivity index (χ0n) is 10.1. The van der Waals surface area contributed by atoms with Crippen molar-refractivity contribution in [3.05, 3.63) is 35.9 Å². The molecular weight excluding hydrogens is 250 g/mol. The van der Waals surface area contributed by atoms with Crippen LogP contribution in [0.1, 0.15) is 18.4 Å². The number of hydrogen-bond acceptors (Lipinski definition) is 5. The SMILES string of the molecule is O=C([O-])C(OCc1ccccc1)N1C(=O)CCC1=O. The normalized spacial score (nSPS) is 16.7. The molecule has 1 atom stereocenters. The number of aliphatic carboxylic acids is 1. The van der Waals surface area contributed by atoms with Gasteiger partial charge in [0.15, 0.2) is 6.23 Å². The summed E-state index contributed by atoms with van der Waals surface area (Å²) in [6.45, 7) is -0.0173. The molecule has 0 aliphatic carbocycles. The minimum Gasteiger partial charge on any atom is -0.545 e. The number of rotatable bonds is 5. The number of imide groups is 1. The number of amides is 2. The van der Waals surface area contributed by atoms with Crippen molar-refractivity contribution in [1.82, 2.24) is 4.90 Å². The lowest BCUT2D eigenvalue weighted by atomic mass is 10.2. The molecule has 0 saturated carbocycles. The highest BCUT2D eigenvalue weighted by Gasteiger charge is 2.36. The molecule has 0 spiro atoms. The highest BCUT2D eigenvalue weighted by molar-refractivity contribution is 6.04. The van der Waals surface area contributed by atoms with Crippen LogP contribution in [-0.2, 0) is 25.7 Å². The quantitative estimate of drug-likeness (QED) is 0.663. The maximum absolute atomic E-state index is 11.5. The number of ether oxygens (including phenoxy) is 1. The van der Waals surface area contributed by atoms with Crippen molar-refractivity contribution in [3.8, 4) is 0 Å². The molecule has 6 heteroatoms. The molecule has 6 nitrogen and oxygen atoms in total. The summed E-state index contributed by atoms with van der Waals surface area (Å²) in [5, 5.41) is 11.0. The summed E-state index contributed by atoms with van der Waals surface area (Å²) >= 11 is 0.